The third kappa shape index (κ3) is 5.25. The van der Waals surface area contributed by atoms with Crippen molar-refractivity contribution in [2.75, 3.05) is 0 Å². The van der Waals surface area contributed by atoms with Gasteiger partial charge >= 0.3 is 0 Å². The lowest BCUT2D eigenvalue weighted by atomic mass is 9.94. The molecule has 0 aliphatic carbocycles. The first kappa shape index (κ1) is 31.4. The van der Waals surface area contributed by atoms with Crippen LogP contribution in [0, 0.1) is 0 Å². The Kier molecular flexibility index (Phi) is 7.51. The van der Waals surface area contributed by atoms with Crippen molar-refractivity contribution in [3.05, 3.63) is 194 Å². The Morgan fingerprint density at radius 2 is 0.925 bits per heavy atom. The summed E-state index contributed by atoms with van der Waals surface area (Å²) < 4.78 is 6.34. The number of furan rings is 1. The molecule has 10 aromatic rings. The van der Waals surface area contributed by atoms with E-state index in [1.807, 2.05) is 78.9 Å². The molecule has 0 fully saturated rings. The Morgan fingerprint density at radius 3 is 1.64 bits per heavy atom. The van der Waals surface area contributed by atoms with Gasteiger partial charge in [0.2, 0.25) is 7.49 Å². The molecule has 10 rings (SSSR count). The van der Waals surface area contributed by atoms with E-state index >= 15 is 0 Å². The van der Waals surface area contributed by atoms with E-state index in [2.05, 4.69) is 115 Å². The molecule has 4 heteroatoms. The lowest BCUT2D eigenvalue weighted by Crippen LogP contribution is -2.30. The molecular weight excluding hydrogens is 666 g/mol. The summed E-state index contributed by atoms with van der Waals surface area (Å²) in [7, 11) is -2.80. The Balaban J connectivity index is 1.09. The second-order valence-electron chi connectivity index (χ2n) is 13.5. The summed E-state index contributed by atoms with van der Waals surface area (Å²) >= 11 is 0. The number of nitrogens with zero attached hydrogens (tertiary/aromatic N) is 1. The smallest absolute Gasteiger partial charge is 0.238 e. The van der Waals surface area contributed by atoms with Crippen LogP contribution in [-0.2, 0) is 0 Å². The van der Waals surface area contributed by atoms with E-state index in [-0.39, 0.29) is 0 Å². The van der Waals surface area contributed by atoms with Gasteiger partial charge in [0.05, 0.1) is 11.2 Å². The highest BCUT2D eigenvalue weighted by molar-refractivity contribution is 7.91. The topological polar surface area (TPSA) is 46.3 Å². The summed E-state index contributed by atoms with van der Waals surface area (Å²) in [6, 6.07) is 66.8. The van der Waals surface area contributed by atoms with Crippen molar-refractivity contribution in [2.24, 2.45) is 0 Å². The molecule has 0 spiro atoms. The third-order valence-corrected chi connectivity index (χ3v) is 13.5. The largest absolute Gasteiger partial charge is 0.456 e. The lowest BCUT2D eigenvalue weighted by Gasteiger charge is -2.20. The molecule has 0 aliphatic heterocycles. The predicted molar refractivity (Wildman–Crippen MR) is 224 cm³/mol. The number of rotatable bonds is 6. The molecule has 0 atom stereocenters. The van der Waals surface area contributed by atoms with Gasteiger partial charge in [0.1, 0.15) is 27.1 Å². The number of hydrogen-bond donors (Lipinski definition) is 1. The summed E-state index contributed by atoms with van der Waals surface area (Å²) in [6.07, 6.45) is 0. The van der Waals surface area contributed by atoms with Crippen molar-refractivity contribution in [1.29, 1.82) is 0 Å². The minimum absolute atomic E-state index is 0.876. The summed E-state index contributed by atoms with van der Waals surface area (Å²) in [5.41, 5.74) is 9.14. The van der Waals surface area contributed by atoms with E-state index in [4.69, 9.17) is 9.40 Å². The SMILES string of the molecule is O[P+](c1ccccc1)(c1ccccc1)c1ccc(-c2cccc(-c3ccc4c(c3)nc(-c3ccccc3)c3ccc5oc6ccccc6c5c34)c2)cc1. The van der Waals surface area contributed by atoms with Crippen molar-refractivity contribution >= 4 is 67.0 Å². The van der Waals surface area contributed by atoms with Crippen molar-refractivity contribution < 1.29 is 9.31 Å². The van der Waals surface area contributed by atoms with Crippen molar-refractivity contribution in [1.82, 2.24) is 4.98 Å². The van der Waals surface area contributed by atoms with Crippen LogP contribution in [0.5, 0.6) is 0 Å². The fourth-order valence-electron chi connectivity index (χ4n) is 7.79. The molecule has 0 unspecified atom stereocenters. The Hall–Kier alpha value is -6.38. The van der Waals surface area contributed by atoms with Crippen molar-refractivity contribution in [3.63, 3.8) is 0 Å². The lowest BCUT2D eigenvalue weighted by molar-refractivity contribution is 0.633. The van der Waals surface area contributed by atoms with Gasteiger partial charge in [0.25, 0.3) is 0 Å². The van der Waals surface area contributed by atoms with Gasteiger partial charge in [-0.05, 0) is 89.0 Å². The Bertz CT molecular complexity index is 2900. The van der Waals surface area contributed by atoms with Crippen LogP contribution in [0.15, 0.2) is 199 Å². The number of hydrogen-bond acceptors (Lipinski definition) is 3. The number of benzene rings is 8. The highest BCUT2D eigenvalue weighted by Crippen LogP contribution is 2.51. The Labute approximate surface area is 307 Å². The minimum atomic E-state index is -2.80. The van der Waals surface area contributed by atoms with Gasteiger partial charge in [-0.2, -0.15) is 0 Å². The second-order valence-corrected chi connectivity index (χ2v) is 16.3. The summed E-state index contributed by atoms with van der Waals surface area (Å²) in [6.45, 7) is 0. The molecular formula is C49H33NO2P+. The number of aromatic nitrogens is 1. The van der Waals surface area contributed by atoms with Crippen LogP contribution >= 0.6 is 7.49 Å². The molecule has 0 amide bonds. The highest BCUT2D eigenvalue weighted by atomic mass is 31.2. The maximum Gasteiger partial charge on any atom is 0.238 e. The molecule has 0 aliphatic rings. The van der Waals surface area contributed by atoms with E-state index < -0.39 is 7.49 Å². The predicted octanol–water partition coefficient (Wildman–Crippen LogP) is 11.5. The van der Waals surface area contributed by atoms with E-state index in [1.165, 1.54) is 0 Å². The van der Waals surface area contributed by atoms with Gasteiger partial charge in [-0.1, -0.05) is 127 Å². The molecule has 53 heavy (non-hydrogen) atoms. The monoisotopic (exact) mass is 698 g/mol. The van der Waals surface area contributed by atoms with E-state index in [1.54, 1.807) is 0 Å². The molecule has 3 nitrogen and oxygen atoms in total. The first-order valence-corrected chi connectivity index (χ1v) is 19.6. The second kappa shape index (κ2) is 12.7. The quantitative estimate of drug-likeness (QED) is 0.139. The maximum absolute atomic E-state index is 12.4. The molecule has 0 bridgehead atoms. The van der Waals surface area contributed by atoms with E-state index in [9.17, 15) is 4.89 Å². The van der Waals surface area contributed by atoms with E-state index in [0.717, 1.165) is 93.0 Å². The van der Waals surface area contributed by atoms with Gasteiger partial charge in [-0.15, -0.1) is 0 Å². The van der Waals surface area contributed by atoms with Gasteiger partial charge < -0.3 is 4.42 Å². The van der Waals surface area contributed by atoms with Crippen LogP contribution in [0.25, 0.3) is 77.1 Å². The zero-order valence-corrected chi connectivity index (χ0v) is 29.6. The van der Waals surface area contributed by atoms with E-state index in [0.29, 0.717) is 0 Å². The molecule has 0 radical (unpaired) electrons. The van der Waals surface area contributed by atoms with Crippen LogP contribution in [-0.4, -0.2) is 9.88 Å². The van der Waals surface area contributed by atoms with Crippen LogP contribution in [0.2, 0.25) is 0 Å². The van der Waals surface area contributed by atoms with Crippen molar-refractivity contribution in [3.8, 4) is 33.5 Å². The standard InChI is InChI=1S/C49H33NO2P/c51-53(38-17-6-2-7-18-38,39-19-8-3-9-20-39)40-26-23-33(24-27-40)35-15-12-16-36(31-35)37-25-28-41-44(32-37)50-49(34-13-4-1-5-14-34)43-29-30-46-48(47(41)43)42-21-10-11-22-45(42)52-46/h1-32,51H/q+1. The molecule has 0 saturated heterocycles. The van der Waals surface area contributed by atoms with Crippen LogP contribution in [0.4, 0.5) is 0 Å². The number of pyridine rings is 1. The van der Waals surface area contributed by atoms with Gasteiger partial charge in [-0.3, -0.25) is 0 Å². The summed E-state index contributed by atoms with van der Waals surface area (Å²) in [5, 5.41) is 8.40. The highest BCUT2D eigenvalue weighted by Gasteiger charge is 2.44. The van der Waals surface area contributed by atoms with Gasteiger partial charge in [-0.25, -0.2) is 9.88 Å². The summed E-state index contributed by atoms with van der Waals surface area (Å²) in [5.74, 6) is 0. The fraction of sp³-hybridized carbons (Fsp3) is 0. The van der Waals surface area contributed by atoms with Crippen molar-refractivity contribution in [2.45, 2.75) is 0 Å². The molecule has 2 heterocycles. The molecule has 8 aromatic carbocycles. The molecule has 2 aromatic heterocycles. The molecule has 250 valence electrons. The minimum Gasteiger partial charge on any atom is -0.456 e. The zero-order chi connectivity index (χ0) is 35.4. The zero-order valence-electron chi connectivity index (χ0n) is 28.7. The number of fused-ring (bicyclic) bond motifs is 7. The first-order valence-electron chi connectivity index (χ1n) is 17.8. The fourth-order valence-corrected chi connectivity index (χ4v) is 10.5. The van der Waals surface area contributed by atoms with Crippen LogP contribution in [0.3, 0.4) is 0 Å². The van der Waals surface area contributed by atoms with Gasteiger partial charge in [0, 0.05) is 32.5 Å². The normalized spacial score (nSPS) is 11.9. The third-order valence-electron chi connectivity index (χ3n) is 10.4. The Morgan fingerprint density at radius 1 is 0.377 bits per heavy atom. The summed E-state index contributed by atoms with van der Waals surface area (Å²) in [4.78, 5) is 17.8. The van der Waals surface area contributed by atoms with Crippen LogP contribution in [0.1, 0.15) is 0 Å². The maximum atomic E-state index is 12.4. The molecule has 0 saturated carbocycles. The average Bonchev–Trinajstić information content (AvgIpc) is 3.63. The van der Waals surface area contributed by atoms with Gasteiger partial charge in [0.15, 0.2) is 0 Å². The first-order chi connectivity index (χ1) is 26.1. The number of para-hydroxylation sites is 1. The average molecular weight is 699 g/mol. The van der Waals surface area contributed by atoms with Crippen LogP contribution < -0.4 is 15.9 Å². The molecule has 1 N–H and O–H groups in total.